The van der Waals surface area contributed by atoms with Gasteiger partial charge in [0.1, 0.15) is 0 Å². The Kier molecular flexibility index (Phi) is 5.32. The molecule has 4 aromatic carbocycles. The number of hydrogen-bond acceptors (Lipinski definition) is 2. The van der Waals surface area contributed by atoms with E-state index >= 15 is 0 Å². The van der Waals surface area contributed by atoms with Gasteiger partial charge in [0.2, 0.25) is 0 Å². The fourth-order valence-corrected chi connectivity index (χ4v) is 7.39. The first kappa shape index (κ1) is 23.5. The smallest absolute Gasteiger partial charge is 0.0847 e. The van der Waals surface area contributed by atoms with Gasteiger partial charge < -0.3 is 4.57 Å². The Balaban J connectivity index is 1.30. The highest BCUT2D eigenvalue weighted by Gasteiger charge is 2.16. The lowest BCUT2D eigenvalue weighted by Crippen LogP contribution is -1.99. The van der Waals surface area contributed by atoms with E-state index in [4.69, 9.17) is 0 Å². The second-order valence-corrected chi connectivity index (χ2v) is 12.0. The minimum Gasteiger partial charge on any atom is -0.309 e. The van der Waals surface area contributed by atoms with E-state index in [1.807, 2.05) is 17.5 Å². The second-order valence-electron chi connectivity index (χ2n) is 11.0. The van der Waals surface area contributed by atoms with Crippen LogP contribution in [0, 0.1) is 5.92 Å². The van der Waals surface area contributed by atoms with Crippen LogP contribution >= 0.6 is 11.3 Å². The number of thiophene rings is 1. The van der Waals surface area contributed by atoms with E-state index in [0.717, 1.165) is 11.9 Å². The van der Waals surface area contributed by atoms with Gasteiger partial charge in [0.15, 0.2) is 0 Å². The van der Waals surface area contributed by atoms with Crippen molar-refractivity contribution in [2.45, 2.75) is 26.7 Å². The van der Waals surface area contributed by atoms with Crippen molar-refractivity contribution in [3.8, 4) is 16.1 Å². The third-order valence-electron chi connectivity index (χ3n) is 8.46. The highest BCUT2D eigenvalue weighted by molar-refractivity contribution is 7.23. The molecule has 0 aliphatic rings. The van der Waals surface area contributed by atoms with E-state index < -0.39 is 0 Å². The molecule has 0 N–H and O–H groups in total. The maximum atomic E-state index is 4.63. The third-order valence-corrected chi connectivity index (χ3v) is 9.67. The first-order valence-corrected chi connectivity index (χ1v) is 14.9. The van der Waals surface area contributed by atoms with Crippen LogP contribution in [0.3, 0.4) is 0 Å². The maximum Gasteiger partial charge on any atom is 0.0847 e. The van der Waals surface area contributed by atoms with E-state index in [1.54, 1.807) is 0 Å². The van der Waals surface area contributed by atoms with Crippen molar-refractivity contribution in [1.29, 1.82) is 0 Å². The maximum absolute atomic E-state index is 4.63. The minimum atomic E-state index is 0.703. The summed E-state index contributed by atoms with van der Waals surface area (Å²) >= 11 is 1.86. The topological polar surface area (TPSA) is 22.2 Å². The van der Waals surface area contributed by atoms with Gasteiger partial charge in [-0.15, -0.1) is 11.3 Å². The van der Waals surface area contributed by atoms with Crippen LogP contribution in [0.15, 0.2) is 109 Å². The Morgan fingerprint density at radius 1 is 0.700 bits per heavy atom. The number of benzene rings is 4. The van der Waals surface area contributed by atoms with Crippen molar-refractivity contribution in [3.63, 3.8) is 0 Å². The van der Waals surface area contributed by atoms with Crippen LogP contribution in [0.1, 0.15) is 25.8 Å². The van der Waals surface area contributed by atoms with E-state index in [2.05, 4.69) is 131 Å². The Hall–Kier alpha value is -4.41. The van der Waals surface area contributed by atoms with Crippen molar-refractivity contribution in [3.05, 3.63) is 115 Å². The fraction of sp³-hybridized carbons (Fsp3) is 0.139. The van der Waals surface area contributed by atoms with Crippen LogP contribution in [0.4, 0.5) is 0 Å². The van der Waals surface area contributed by atoms with Crippen LogP contribution in [-0.2, 0) is 6.42 Å². The molecule has 4 aromatic heterocycles. The number of aromatic nitrogens is 3. The van der Waals surface area contributed by atoms with Gasteiger partial charge in [0.05, 0.1) is 33.0 Å². The van der Waals surface area contributed by atoms with Gasteiger partial charge in [-0.1, -0.05) is 74.9 Å². The molecule has 8 rings (SSSR count). The fourth-order valence-electron chi connectivity index (χ4n) is 6.21. The normalized spacial score (nSPS) is 12.8. The van der Waals surface area contributed by atoms with Gasteiger partial charge in [-0.3, -0.25) is 0 Å². The number of pyridine rings is 1. The van der Waals surface area contributed by atoms with Crippen molar-refractivity contribution in [1.82, 2.24) is 14.2 Å². The molecule has 3 nitrogen and oxygen atoms in total. The lowest BCUT2D eigenvalue weighted by molar-refractivity contribution is 0.560. The van der Waals surface area contributed by atoms with Crippen LogP contribution in [0.2, 0.25) is 0 Å². The predicted octanol–water partition coefficient (Wildman–Crippen LogP) is 10.1. The third kappa shape index (κ3) is 3.53. The lowest BCUT2D eigenvalue weighted by atomic mass is 9.99. The Morgan fingerprint density at radius 2 is 1.43 bits per heavy atom. The monoisotopic (exact) mass is 535 g/mol. The summed E-state index contributed by atoms with van der Waals surface area (Å²) < 4.78 is 5.77. The number of nitrogens with zero attached hydrogens (tertiary/aromatic N) is 3. The lowest BCUT2D eigenvalue weighted by Gasteiger charge is -2.11. The van der Waals surface area contributed by atoms with Gasteiger partial charge in [-0.25, -0.2) is 4.52 Å². The summed E-state index contributed by atoms with van der Waals surface area (Å²) in [7, 11) is 0. The predicted molar refractivity (Wildman–Crippen MR) is 171 cm³/mol. The number of para-hydroxylation sites is 2. The summed E-state index contributed by atoms with van der Waals surface area (Å²) in [6.07, 6.45) is 4.24. The highest BCUT2D eigenvalue weighted by atomic mass is 32.1. The molecule has 194 valence electrons. The van der Waals surface area contributed by atoms with Crippen LogP contribution in [0.25, 0.3) is 64.4 Å². The highest BCUT2D eigenvalue weighted by Crippen LogP contribution is 2.42. The summed E-state index contributed by atoms with van der Waals surface area (Å²) in [4.78, 5) is 1.28. The van der Waals surface area contributed by atoms with E-state index in [9.17, 15) is 0 Å². The Morgan fingerprint density at radius 3 is 2.23 bits per heavy atom. The largest absolute Gasteiger partial charge is 0.309 e. The molecule has 0 bridgehead atoms. The molecule has 8 aromatic rings. The first-order chi connectivity index (χ1) is 19.7. The first-order valence-electron chi connectivity index (χ1n) is 14.1. The zero-order chi connectivity index (χ0) is 26.8. The molecule has 0 aliphatic heterocycles. The SMILES string of the molecule is CCC(C)Cc1ccc(-n2c3ccccc3c3cc(-c4cc5c6ccccc6n6nccc6c5s4)ccc32)cc1. The molecule has 0 fully saturated rings. The van der Waals surface area contributed by atoms with E-state index in [0.29, 0.717) is 5.92 Å². The Bertz CT molecular complexity index is 2190. The average molecular weight is 536 g/mol. The molecule has 0 spiro atoms. The molecule has 40 heavy (non-hydrogen) atoms. The Labute approximate surface area is 236 Å². The molecule has 1 unspecified atom stereocenters. The van der Waals surface area contributed by atoms with Gasteiger partial charge in [0, 0.05) is 32.1 Å². The second kappa shape index (κ2) is 9.07. The van der Waals surface area contributed by atoms with Crippen molar-refractivity contribution < 1.29 is 0 Å². The minimum absolute atomic E-state index is 0.703. The molecule has 4 heteroatoms. The molecular weight excluding hydrogens is 506 g/mol. The van der Waals surface area contributed by atoms with Crippen LogP contribution < -0.4 is 0 Å². The summed E-state index contributed by atoms with van der Waals surface area (Å²) in [6.45, 7) is 4.60. The van der Waals surface area contributed by atoms with Gasteiger partial charge in [0.25, 0.3) is 0 Å². The molecule has 1 atom stereocenters. The molecule has 0 saturated carbocycles. The standard InChI is InChI=1S/C36H29N3S/c1-3-23(2)20-24-12-15-26(16-13-24)38-31-10-6-4-8-27(31)29-21-25(14-17-32(29)38)35-22-30-28-9-5-7-11-33(28)39-34(18-19-37-39)36(30)40-35/h4-19,21-23H,3,20H2,1-2H3. The molecule has 4 heterocycles. The summed E-state index contributed by atoms with van der Waals surface area (Å²) in [5, 5.41) is 9.74. The molecule has 0 aliphatic carbocycles. The van der Waals surface area contributed by atoms with Crippen molar-refractivity contribution in [2.24, 2.45) is 5.92 Å². The number of fused-ring (bicyclic) bond motifs is 9. The summed E-state index contributed by atoms with van der Waals surface area (Å²) in [6, 6.07) is 38.0. The number of hydrogen-bond donors (Lipinski definition) is 0. The van der Waals surface area contributed by atoms with Crippen LogP contribution in [-0.4, -0.2) is 14.2 Å². The zero-order valence-corrected chi connectivity index (χ0v) is 23.5. The van der Waals surface area contributed by atoms with Crippen LogP contribution in [0.5, 0.6) is 0 Å². The van der Waals surface area contributed by atoms with Crippen molar-refractivity contribution >= 4 is 59.6 Å². The van der Waals surface area contributed by atoms with E-state index in [1.165, 1.54) is 70.9 Å². The molecular formula is C36H29N3S. The van der Waals surface area contributed by atoms with Gasteiger partial charge >= 0.3 is 0 Å². The van der Waals surface area contributed by atoms with Gasteiger partial charge in [-0.05, 0) is 72.0 Å². The average Bonchev–Trinajstić information content (AvgIpc) is 3.73. The summed E-state index contributed by atoms with van der Waals surface area (Å²) in [5.74, 6) is 0.703. The van der Waals surface area contributed by atoms with E-state index in [-0.39, 0.29) is 0 Å². The quantitative estimate of drug-likeness (QED) is 0.215. The van der Waals surface area contributed by atoms with Crippen molar-refractivity contribution in [2.75, 3.05) is 0 Å². The molecule has 0 saturated heterocycles. The summed E-state index contributed by atoms with van der Waals surface area (Å²) in [5.41, 5.74) is 8.67. The zero-order valence-electron chi connectivity index (χ0n) is 22.6. The number of rotatable bonds is 5. The molecule has 0 amide bonds. The molecule has 0 radical (unpaired) electrons. The van der Waals surface area contributed by atoms with Gasteiger partial charge in [-0.2, -0.15) is 5.10 Å².